The van der Waals surface area contributed by atoms with Crippen molar-refractivity contribution in [2.24, 2.45) is 0 Å². The highest BCUT2D eigenvalue weighted by molar-refractivity contribution is 5.30. The molecule has 3 aromatic rings. The number of benzene rings is 3. The number of aryl methyl sites for hydroxylation is 1. The fourth-order valence-electron chi connectivity index (χ4n) is 1.82. The minimum atomic E-state index is 0.272. The third kappa shape index (κ3) is 9.88. The van der Waals surface area contributed by atoms with Crippen LogP contribution >= 0.6 is 0 Å². The summed E-state index contributed by atoms with van der Waals surface area (Å²) >= 11 is 0. The Morgan fingerprint density at radius 1 is 0.692 bits per heavy atom. The lowest BCUT2D eigenvalue weighted by Gasteiger charge is -2.02. The summed E-state index contributed by atoms with van der Waals surface area (Å²) in [4.78, 5) is 0. The largest absolute Gasteiger partial charge is 0.508 e. The van der Waals surface area contributed by atoms with E-state index < -0.39 is 0 Å². The van der Waals surface area contributed by atoms with Gasteiger partial charge in [-0.15, -0.1) is 0 Å². The first-order chi connectivity index (χ1) is 12.5. The number of hydrogen-bond acceptors (Lipinski definition) is 4. The van der Waals surface area contributed by atoms with Gasteiger partial charge in [-0.1, -0.05) is 37.3 Å². The Morgan fingerprint density at radius 3 is 1.69 bits per heavy atom. The molecule has 0 bridgehead atoms. The van der Waals surface area contributed by atoms with Gasteiger partial charge in [0.25, 0.3) is 0 Å². The van der Waals surface area contributed by atoms with Crippen LogP contribution < -0.4 is 4.74 Å². The van der Waals surface area contributed by atoms with Gasteiger partial charge >= 0.3 is 0 Å². The predicted octanol–water partition coefficient (Wildman–Crippen LogP) is 5.27. The summed E-state index contributed by atoms with van der Waals surface area (Å²) in [7, 11) is 0. The average Bonchev–Trinajstić information content (AvgIpc) is 2.63. The quantitative estimate of drug-likeness (QED) is 0.599. The summed E-state index contributed by atoms with van der Waals surface area (Å²) in [5, 5.41) is 26.4. The molecule has 0 spiro atoms. The van der Waals surface area contributed by atoms with Crippen LogP contribution in [0.1, 0.15) is 18.9 Å². The monoisotopic (exact) mass is 354 g/mol. The molecule has 0 unspecified atom stereocenters. The van der Waals surface area contributed by atoms with Gasteiger partial charge in [0.1, 0.15) is 23.0 Å². The molecule has 0 heterocycles. The Morgan fingerprint density at radius 2 is 1.27 bits per heavy atom. The third-order valence-corrected chi connectivity index (χ3v) is 3.07. The van der Waals surface area contributed by atoms with Crippen molar-refractivity contribution < 1.29 is 20.1 Å². The molecule has 3 aromatic carbocycles. The zero-order chi connectivity index (χ0) is 19.2. The van der Waals surface area contributed by atoms with Crippen LogP contribution in [0.3, 0.4) is 0 Å². The first kappa shape index (κ1) is 20.9. The SMILES string of the molecule is CCCOc1ccc(O)cc1.Cc1cccc(O)c1.Oc1ccccc1. The van der Waals surface area contributed by atoms with Gasteiger partial charge in [-0.2, -0.15) is 0 Å². The third-order valence-electron chi connectivity index (χ3n) is 3.07. The van der Waals surface area contributed by atoms with Crippen LogP contribution in [0.15, 0.2) is 78.9 Å². The molecular formula is C22H26O4. The second-order valence-electron chi connectivity index (χ2n) is 5.52. The molecule has 0 atom stereocenters. The van der Waals surface area contributed by atoms with E-state index in [9.17, 15) is 0 Å². The normalized spacial score (nSPS) is 9.15. The van der Waals surface area contributed by atoms with Gasteiger partial charge in [0.05, 0.1) is 6.61 Å². The Bertz CT molecular complexity index is 707. The minimum absolute atomic E-state index is 0.272. The van der Waals surface area contributed by atoms with Crippen molar-refractivity contribution in [3.63, 3.8) is 0 Å². The molecule has 0 fully saturated rings. The highest BCUT2D eigenvalue weighted by Crippen LogP contribution is 2.15. The topological polar surface area (TPSA) is 69.9 Å². The van der Waals surface area contributed by atoms with Crippen molar-refractivity contribution in [2.45, 2.75) is 20.3 Å². The number of rotatable bonds is 3. The van der Waals surface area contributed by atoms with Gasteiger partial charge in [-0.05, 0) is 67.4 Å². The molecule has 0 aliphatic heterocycles. The Labute approximate surface area is 155 Å². The van der Waals surface area contributed by atoms with Crippen molar-refractivity contribution in [3.8, 4) is 23.0 Å². The van der Waals surface area contributed by atoms with Gasteiger partial charge in [0.2, 0.25) is 0 Å². The number of aromatic hydroxyl groups is 3. The number of ether oxygens (including phenoxy) is 1. The minimum Gasteiger partial charge on any atom is -0.508 e. The van der Waals surface area contributed by atoms with Crippen molar-refractivity contribution >= 4 is 0 Å². The lowest BCUT2D eigenvalue weighted by molar-refractivity contribution is 0.317. The van der Waals surface area contributed by atoms with E-state index >= 15 is 0 Å². The molecule has 0 aromatic heterocycles. The molecule has 0 saturated heterocycles. The average molecular weight is 354 g/mol. The smallest absolute Gasteiger partial charge is 0.119 e. The first-order valence-electron chi connectivity index (χ1n) is 8.42. The molecule has 0 amide bonds. The maximum atomic E-state index is 8.93. The lowest BCUT2D eigenvalue weighted by atomic mass is 10.2. The molecule has 4 nitrogen and oxygen atoms in total. The van der Waals surface area contributed by atoms with E-state index in [-0.39, 0.29) is 5.75 Å². The summed E-state index contributed by atoms with van der Waals surface area (Å²) in [5.41, 5.74) is 1.09. The van der Waals surface area contributed by atoms with Crippen molar-refractivity contribution in [3.05, 3.63) is 84.4 Å². The van der Waals surface area contributed by atoms with Gasteiger partial charge in [-0.3, -0.25) is 0 Å². The van der Waals surface area contributed by atoms with E-state index in [1.54, 1.807) is 60.7 Å². The van der Waals surface area contributed by atoms with Crippen molar-refractivity contribution in [1.82, 2.24) is 0 Å². The maximum Gasteiger partial charge on any atom is 0.119 e. The molecule has 0 radical (unpaired) electrons. The van der Waals surface area contributed by atoms with Crippen molar-refractivity contribution in [1.29, 1.82) is 0 Å². The van der Waals surface area contributed by atoms with Crippen LogP contribution in [0.25, 0.3) is 0 Å². The fourth-order valence-corrected chi connectivity index (χ4v) is 1.82. The fraction of sp³-hybridized carbons (Fsp3) is 0.182. The summed E-state index contributed by atoms with van der Waals surface area (Å²) < 4.78 is 5.30. The number of para-hydroxylation sites is 1. The van der Waals surface area contributed by atoms with E-state index in [4.69, 9.17) is 20.1 Å². The summed E-state index contributed by atoms with van der Waals surface area (Å²) in [6, 6.07) is 22.6. The van der Waals surface area contributed by atoms with Crippen LogP contribution in [0.2, 0.25) is 0 Å². The zero-order valence-corrected chi connectivity index (χ0v) is 15.2. The molecule has 138 valence electrons. The highest BCUT2D eigenvalue weighted by atomic mass is 16.5. The van der Waals surface area contributed by atoms with Gasteiger partial charge in [-0.25, -0.2) is 0 Å². The van der Waals surface area contributed by atoms with E-state index in [1.807, 2.05) is 25.1 Å². The van der Waals surface area contributed by atoms with Gasteiger partial charge in [0, 0.05) is 0 Å². The van der Waals surface area contributed by atoms with Crippen molar-refractivity contribution in [2.75, 3.05) is 6.61 Å². The molecule has 4 heteroatoms. The van der Waals surface area contributed by atoms with Gasteiger partial charge < -0.3 is 20.1 Å². The van der Waals surface area contributed by atoms with E-state index in [2.05, 4.69) is 6.92 Å². The second-order valence-corrected chi connectivity index (χ2v) is 5.52. The molecule has 0 saturated carbocycles. The molecule has 26 heavy (non-hydrogen) atoms. The summed E-state index contributed by atoms with van der Waals surface area (Å²) in [5.74, 6) is 1.74. The Kier molecular flexibility index (Phi) is 9.85. The summed E-state index contributed by atoms with van der Waals surface area (Å²) in [6.45, 7) is 4.73. The van der Waals surface area contributed by atoms with Crippen LogP contribution in [0, 0.1) is 6.92 Å². The molecule has 0 aliphatic carbocycles. The number of hydrogen-bond donors (Lipinski definition) is 3. The molecular weight excluding hydrogens is 328 g/mol. The lowest BCUT2D eigenvalue weighted by Crippen LogP contribution is -1.93. The van der Waals surface area contributed by atoms with Crippen LogP contribution in [0.4, 0.5) is 0 Å². The Hall–Kier alpha value is -3.14. The predicted molar refractivity (Wildman–Crippen MR) is 105 cm³/mol. The number of phenols is 3. The van der Waals surface area contributed by atoms with Crippen LogP contribution in [0.5, 0.6) is 23.0 Å². The van der Waals surface area contributed by atoms with E-state index in [1.165, 1.54) is 0 Å². The maximum absolute atomic E-state index is 8.93. The molecule has 0 aliphatic rings. The van der Waals surface area contributed by atoms with Crippen LogP contribution in [-0.4, -0.2) is 21.9 Å². The molecule has 3 N–H and O–H groups in total. The zero-order valence-electron chi connectivity index (χ0n) is 15.2. The van der Waals surface area contributed by atoms with E-state index in [0.717, 1.165) is 24.3 Å². The highest BCUT2D eigenvalue weighted by Gasteiger charge is 1.91. The van der Waals surface area contributed by atoms with Crippen LogP contribution in [-0.2, 0) is 0 Å². The Balaban J connectivity index is 0.000000201. The second kappa shape index (κ2) is 12.3. The van der Waals surface area contributed by atoms with E-state index in [0.29, 0.717) is 11.5 Å². The van der Waals surface area contributed by atoms with Gasteiger partial charge in [0.15, 0.2) is 0 Å². The first-order valence-corrected chi connectivity index (χ1v) is 8.42. The summed E-state index contributed by atoms with van der Waals surface area (Å²) in [6.07, 6.45) is 1.00. The number of phenolic OH excluding ortho intramolecular Hbond substituents is 3. The standard InChI is InChI=1S/C9H12O2.C7H8O.C6H6O/c1-2-7-11-9-5-3-8(10)4-6-9;1-6-3-2-4-7(8)5-6;7-6-4-2-1-3-5-6/h3-6,10H,2,7H2,1H3;2-5,8H,1H3;1-5,7H. The molecule has 3 rings (SSSR count).